The fourth-order valence-corrected chi connectivity index (χ4v) is 8.02. The molecule has 262 valence electrons. The van der Waals surface area contributed by atoms with Crippen LogP contribution < -0.4 is 0 Å². The fraction of sp³-hybridized carbons (Fsp3) is 0. The average Bonchev–Trinajstić information content (AvgIpc) is 3.82. The van der Waals surface area contributed by atoms with E-state index in [9.17, 15) is 0 Å². The van der Waals surface area contributed by atoms with Gasteiger partial charge in [0.15, 0.2) is 17.5 Å². The van der Waals surface area contributed by atoms with E-state index in [1.54, 1.807) is 0 Å². The van der Waals surface area contributed by atoms with Crippen molar-refractivity contribution in [2.75, 3.05) is 0 Å². The van der Waals surface area contributed by atoms with E-state index >= 15 is 0 Å². The van der Waals surface area contributed by atoms with Crippen molar-refractivity contribution >= 4 is 43.7 Å². The second kappa shape index (κ2) is 13.0. The smallest absolute Gasteiger partial charge is 0.167 e. The quantitative estimate of drug-likeness (QED) is 0.172. The number of furan rings is 1. The summed E-state index contributed by atoms with van der Waals surface area (Å²) >= 11 is 0. The summed E-state index contributed by atoms with van der Waals surface area (Å²) in [6.45, 7) is 0. The minimum Gasteiger partial charge on any atom is -0.455 e. The van der Waals surface area contributed by atoms with Crippen molar-refractivity contribution in [1.29, 1.82) is 0 Å². The van der Waals surface area contributed by atoms with Crippen LogP contribution in [0.25, 0.3) is 106 Å². The zero-order valence-electron chi connectivity index (χ0n) is 30.2. The molecule has 5 heteroatoms. The van der Waals surface area contributed by atoms with E-state index in [1.807, 2.05) is 48.5 Å². The summed E-state index contributed by atoms with van der Waals surface area (Å²) in [5, 5.41) is 4.43. The molecular weight excluding hydrogens is 685 g/mol. The van der Waals surface area contributed by atoms with Crippen molar-refractivity contribution in [2.24, 2.45) is 0 Å². The van der Waals surface area contributed by atoms with E-state index in [0.29, 0.717) is 17.5 Å². The molecule has 3 aromatic heterocycles. The van der Waals surface area contributed by atoms with Gasteiger partial charge in [0.05, 0.1) is 22.3 Å². The fourth-order valence-electron chi connectivity index (χ4n) is 8.02. The Morgan fingerprint density at radius 3 is 1.52 bits per heavy atom. The lowest BCUT2D eigenvalue weighted by molar-refractivity contribution is 0.669. The molecule has 0 aliphatic rings. The normalized spacial score (nSPS) is 11.6. The molecule has 0 N–H and O–H groups in total. The molecule has 0 saturated carbocycles. The van der Waals surface area contributed by atoms with E-state index in [-0.39, 0.29) is 0 Å². The molecule has 0 unspecified atom stereocenters. The maximum atomic E-state index is 6.73. The first-order chi connectivity index (χ1) is 27.8. The van der Waals surface area contributed by atoms with Gasteiger partial charge in [-0.05, 0) is 64.7 Å². The largest absolute Gasteiger partial charge is 0.455 e. The summed E-state index contributed by atoms with van der Waals surface area (Å²) in [7, 11) is 0. The highest BCUT2D eigenvalue weighted by molar-refractivity contribution is 6.11. The van der Waals surface area contributed by atoms with Crippen molar-refractivity contribution in [3.05, 3.63) is 194 Å². The number of hydrogen-bond acceptors (Lipinski definition) is 4. The summed E-state index contributed by atoms with van der Waals surface area (Å²) in [5.74, 6) is 1.71. The van der Waals surface area contributed by atoms with Crippen LogP contribution in [0, 0.1) is 0 Å². The third-order valence-corrected chi connectivity index (χ3v) is 10.7. The van der Waals surface area contributed by atoms with E-state index in [2.05, 4.69) is 150 Å². The van der Waals surface area contributed by atoms with Gasteiger partial charge in [0.25, 0.3) is 0 Å². The molecular formula is C51H32N4O. The van der Waals surface area contributed by atoms with Crippen LogP contribution >= 0.6 is 0 Å². The molecule has 0 aliphatic carbocycles. The third-order valence-electron chi connectivity index (χ3n) is 10.7. The van der Waals surface area contributed by atoms with E-state index in [4.69, 9.17) is 19.4 Å². The van der Waals surface area contributed by atoms with Crippen LogP contribution in [0.4, 0.5) is 0 Å². The van der Waals surface area contributed by atoms with Gasteiger partial charge in [-0.2, -0.15) is 0 Å². The molecule has 0 atom stereocenters. The Bertz CT molecular complexity index is 3190. The second-order valence-electron chi connectivity index (χ2n) is 14.0. The molecule has 0 fully saturated rings. The molecule has 56 heavy (non-hydrogen) atoms. The molecule has 3 heterocycles. The second-order valence-corrected chi connectivity index (χ2v) is 14.0. The Labute approximate surface area is 322 Å². The minimum atomic E-state index is 0.544. The van der Waals surface area contributed by atoms with Gasteiger partial charge in [0.1, 0.15) is 11.2 Å². The van der Waals surface area contributed by atoms with Gasteiger partial charge in [0, 0.05) is 32.7 Å². The third kappa shape index (κ3) is 5.29. The maximum absolute atomic E-state index is 6.73. The van der Waals surface area contributed by atoms with Gasteiger partial charge in [-0.25, -0.2) is 15.0 Å². The van der Waals surface area contributed by atoms with Crippen LogP contribution in [-0.4, -0.2) is 19.5 Å². The van der Waals surface area contributed by atoms with E-state index in [1.165, 1.54) is 10.8 Å². The Kier molecular flexibility index (Phi) is 7.42. The molecule has 0 spiro atoms. The average molecular weight is 717 g/mol. The van der Waals surface area contributed by atoms with Gasteiger partial charge in [-0.15, -0.1) is 0 Å². The first kappa shape index (κ1) is 31.9. The molecule has 11 aromatic rings. The maximum Gasteiger partial charge on any atom is 0.167 e. The summed E-state index contributed by atoms with van der Waals surface area (Å²) in [6.07, 6.45) is 0. The molecule has 0 radical (unpaired) electrons. The van der Waals surface area contributed by atoms with Gasteiger partial charge < -0.3 is 8.98 Å². The number of hydrogen-bond donors (Lipinski definition) is 0. The number of fused-ring (bicyclic) bond motifs is 6. The lowest BCUT2D eigenvalue weighted by atomic mass is 10.0. The van der Waals surface area contributed by atoms with Gasteiger partial charge >= 0.3 is 0 Å². The topological polar surface area (TPSA) is 56.7 Å². The summed E-state index contributed by atoms with van der Waals surface area (Å²) < 4.78 is 9.08. The minimum absolute atomic E-state index is 0.544. The van der Waals surface area contributed by atoms with Crippen LogP contribution in [0.1, 0.15) is 0 Å². The highest BCUT2D eigenvalue weighted by Gasteiger charge is 2.22. The number of aromatic nitrogens is 4. The molecule has 0 aliphatic heterocycles. The predicted molar refractivity (Wildman–Crippen MR) is 229 cm³/mol. The van der Waals surface area contributed by atoms with Crippen LogP contribution in [0.2, 0.25) is 0 Å². The summed E-state index contributed by atoms with van der Waals surface area (Å²) in [6, 6.07) is 67.4. The Balaban J connectivity index is 1.17. The molecule has 0 bridgehead atoms. The van der Waals surface area contributed by atoms with Crippen LogP contribution in [0.15, 0.2) is 199 Å². The van der Waals surface area contributed by atoms with Crippen molar-refractivity contribution in [3.63, 3.8) is 0 Å². The van der Waals surface area contributed by atoms with Gasteiger partial charge in [-0.1, -0.05) is 152 Å². The van der Waals surface area contributed by atoms with Crippen LogP contribution in [0.5, 0.6) is 0 Å². The first-order valence-corrected chi connectivity index (χ1v) is 18.8. The number of rotatable bonds is 6. The van der Waals surface area contributed by atoms with Crippen molar-refractivity contribution in [2.45, 2.75) is 0 Å². The number of para-hydroxylation sites is 3. The highest BCUT2D eigenvalue weighted by Crippen LogP contribution is 2.40. The molecule has 8 aromatic carbocycles. The summed E-state index contributed by atoms with van der Waals surface area (Å²) in [5.41, 5.74) is 11.8. The summed E-state index contributed by atoms with van der Waals surface area (Å²) in [4.78, 5) is 15.7. The van der Waals surface area contributed by atoms with Crippen molar-refractivity contribution in [3.8, 4) is 62.1 Å². The number of benzene rings is 8. The Hall–Kier alpha value is -7.63. The first-order valence-electron chi connectivity index (χ1n) is 18.8. The van der Waals surface area contributed by atoms with Gasteiger partial charge in [-0.3, -0.25) is 0 Å². The molecule has 5 nitrogen and oxygen atoms in total. The van der Waals surface area contributed by atoms with E-state index < -0.39 is 0 Å². The molecule has 0 saturated heterocycles. The number of nitrogens with zero attached hydrogens (tertiary/aromatic N) is 4. The molecule has 11 rings (SSSR count). The zero-order valence-corrected chi connectivity index (χ0v) is 30.2. The lowest BCUT2D eigenvalue weighted by Gasteiger charge is -2.16. The van der Waals surface area contributed by atoms with Crippen LogP contribution in [-0.2, 0) is 0 Å². The Morgan fingerprint density at radius 1 is 0.339 bits per heavy atom. The van der Waals surface area contributed by atoms with Gasteiger partial charge in [0.2, 0.25) is 0 Å². The van der Waals surface area contributed by atoms with Crippen LogP contribution in [0.3, 0.4) is 0 Å². The Morgan fingerprint density at radius 2 is 0.857 bits per heavy atom. The standard InChI is InChI=1S/C51H32N4O/c1-4-15-33(16-5-1)36-28-30-42(46(31-36)55-44-25-12-10-21-38(44)39-22-11-13-26-45(39)55)50-52-49(35-19-8-3-9-20-35)53-51(54-50)43-24-14-23-41-40-29-27-37(32-47(40)56-48(41)43)34-17-6-2-7-18-34/h1-32H. The monoisotopic (exact) mass is 716 g/mol. The predicted octanol–water partition coefficient (Wildman–Crippen LogP) is 13.2. The highest BCUT2D eigenvalue weighted by atomic mass is 16.3. The zero-order chi connectivity index (χ0) is 37.0. The molecule has 0 amide bonds. The van der Waals surface area contributed by atoms with Crippen molar-refractivity contribution in [1.82, 2.24) is 19.5 Å². The lowest BCUT2D eigenvalue weighted by Crippen LogP contribution is -2.04. The SMILES string of the molecule is c1ccc(-c2ccc(-c3nc(-c4ccccc4)nc(-c4cccc5c4oc4cc(-c6ccccc6)ccc45)n3)c(-n3c4ccccc4c4ccccc43)c2)cc1. The van der Waals surface area contributed by atoms with Crippen molar-refractivity contribution < 1.29 is 4.42 Å². The van der Waals surface area contributed by atoms with E-state index in [0.717, 1.165) is 77.6 Å².